The fourth-order valence-corrected chi connectivity index (χ4v) is 3.82. The highest BCUT2D eigenvalue weighted by molar-refractivity contribution is 6.08. The zero-order valence-corrected chi connectivity index (χ0v) is 18.5. The Bertz CT molecular complexity index is 1500. The Balaban J connectivity index is 1.40. The molecule has 2 aromatic carbocycles. The van der Waals surface area contributed by atoms with Gasteiger partial charge in [-0.25, -0.2) is 4.98 Å². The number of nitrogens with zero attached hydrogens (tertiary/aromatic N) is 4. The maximum Gasteiger partial charge on any atom is 0.287 e. The van der Waals surface area contributed by atoms with Crippen LogP contribution in [-0.2, 0) is 7.05 Å². The van der Waals surface area contributed by atoms with Crippen molar-refractivity contribution in [2.75, 3.05) is 0 Å². The lowest BCUT2D eigenvalue weighted by atomic mass is 10.1. The Hall–Kier alpha value is -4.79. The molecule has 2 amide bonds. The van der Waals surface area contributed by atoms with Crippen LogP contribution in [0, 0.1) is 6.92 Å². The molecule has 0 aliphatic rings. The van der Waals surface area contributed by atoms with Crippen molar-refractivity contribution in [3.05, 3.63) is 89.7 Å². The molecule has 0 fully saturated rings. The number of hydrogen-bond acceptors (Lipinski definition) is 5. The molecule has 3 heterocycles. The lowest BCUT2D eigenvalue weighted by Crippen LogP contribution is -2.41. The van der Waals surface area contributed by atoms with Crippen LogP contribution in [-0.4, -0.2) is 36.8 Å². The number of aryl methyl sites for hydroxylation is 2. The van der Waals surface area contributed by atoms with Gasteiger partial charge in [-0.05, 0) is 19.1 Å². The fraction of sp³-hybridized carbons (Fsp3) is 0.0800. The van der Waals surface area contributed by atoms with E-state index in [1.807, 2.05) is 67.6 Å². The molecule has 0 aliphatic carbocycles. The molecule has 3 N–H and O–H groups in total. The Morgan fingerprint density at radius 1 is 0.853 bits per heavy atom. The molecular formula is C25H21N7O2. The average Bonchev–Trinajstić information content (AvgIpc) is 3.48. The lowest BCUT2D eigenvalue weighted by molar-refractivity contribution is 0.0845. The van der Waals surface area contributed by atoms with Gasteiger partial charge in [0.1, 0.15) is 5.69 Å². The molecule has 0 spiro atoms. The maximum absolute atomic E-state index is 13.1. The van der Waals surface area contributed by atoms with E-state index in [1.54, 1.807) is 23.9 Å². The standard InChI is InChI=1S/C25H21N7O2/c1-15-22-18(13-19(16-9-5-3-6-10-16)26-23(22)32(2)31-15)24(33)29-30-25(34)21-14-20(27-28-21)17-11-7-4-8-12-17/h3-14H,1-2H3,(H,27,28)(H,29,33)(H,30,34). The van der Waals surface area contributed by atoms with Crippen molar-refractivity contribution in [3.63, 3.8) is 0 Å². The number of aromatic amines is 1. The van der Waals surface area contributed by atoms with Gasteiger partial charge in [0.05, 0.1) is 28.0 Å². The number of pyridine rings is 1. The fourth-order valence-electron chi connectivity index (χ4n) is 3.82. The molecule has 9 nitrogen and oxygen atoms in total. The number of carbonyl (C=O) groups excluding carboxylic acids is 2. The van der Waals surface area contributed by atoms with Gasteiger partial charge in [0.2, 0.25) is 0 Å². The number of carbonyl (C=O) groups is 2. The van der Waals surface area contributed by atoms with Crippen LogP contribution in [0.3, 0.4) is 0 Å². The van der Waals surface area contributed by atoms with Crippen LogP contribution in [0.1, 0.15) is 26.5 Å². The van der Waals surface area contributed by atoms with E-state index in [0.29, 0.717) is 33.7 Å². The Morgan fingerprint density at radius 2 is 1.47 bits per heavy atom. The van der Waals surface area contributed by atoms with E-state index in [2.05, 4.69) is 26.1 Å². The Kier molecular flexibility index (Phi) is 5.35. The predicted molar refractivity (Wildman–Crippen MR) is 128 cm³/mol. The molecule has 34 heavy (non-hydrogen) atoms. The second-order valence-corrected chi connectivity index (χ2v) is 7.77. The molecule has 0 saturated carbocycles. The zero-order valence-electron chi connectivity index (χ0n) is 18.5. The van der Waals surface area contributed by atoms with Crippen molar-refractivity contribution < 1.29 is 9.59 Å². The minimum atomic E-state index is -0.514. The van der Waals surface area contributed by atoms with Gasteiger partial charge in [-0.15, -0.1) is 0 Å². The molecule has 5 rings (SSSR count). The summed E-state index contributed by atoms with van der Waals surface area (Å²) in [6.07, 6.45) is 0. The van der Waals surface area contributed by atoms with Crippen LogP contribution in [0.25, 0.3) is 33.5 Å². The third-order valence-corrected chi connectivity index (χ3v) is 5.46. The summed E-state index contributed by atoms with van der Waals surface area (Å²) >= 11 is 0. The van der Waals surface area contributed by atoms with Crippen LogP contribution >= 0.6 is 0 Å². The number of H-pyrrole nitrogens is 1. The summed E-state index contributed by atoms with van der Waals surface area (Å²) in [5.74, 6) is -0.989. The van der Waals surface area contributed by atoms with Gasteiger partial charge < -0.3 is 0 Å². The predicted octanol–water partition coefficient (Wildman–Crippen LogP) is 3.41. The summed E-state index contributed by atoms with van der Waals surface area (Å²) in [7, 11) is 1.78. The first-order chi connectivity index (χ1) is 16.5. The minimum Gasteiger partial charge on any atom is -0.272 e. The van der Waals surface area contributed by atoms with E-state index in [1.165, 1.54) is 0 Å². The molecule has 0 atom stereocenters. The van der Waals surface area contributed by atoms with Gasteiger partial charge in [0, 0.05) is 18.2 Å². The highest BCUT2D eigenvalue weighted by Gasteiger charge is 2.20. The SMILES string of the molecule is Cc1nn(C)c2nc(-c3ccccc3)cc(C(=O)NNC(=O)c3cc(-c4ccccc4)n[nH]3)c12. The normalized spacial score (nSPS) is 10.9. The van der Waals surface area contributed by atoms with Crippen molar-refractivity contribution in [1.82, 2.24) is 35.8 Å². The van der Waals surface area contributed by atoms with Crippen LogP contribution in [0.5, 0.6) is 0 Å². The van der Waals surface area contributed by atoms with E-state index >= 15 is 0 Å². The molecule has 0 unspecified atom stereocenters. The first kappa shape index (κ1) is 21.1. The van der Waals surface area contributed by atoms with E-state index < -0.39 is 11.8 Å². The molecule has 0 bridgehead atoms. The molecule has 0 aliphatic heterocycles. The quantitative estimate of drug-likeness (QED) is 0.362. The summed E-state index contributed by atoms with van der Waals surface area (Å²) in [6, 6.07) is 22.4. The number of hydrogen-bond donors (Lipinski definition) is 3. The maximum atomic E-state index is 13.1. The third kappa shape index (κ3) is 3.90. The van der Waals surface area contributed by atoms with Crippen molar-refractivity contribution >= 4 is 22.8 Å². The Labute approximate surface area is 194 Å². The van der Waals surface area contributed by atoms with Gasteiger partial charge in [-0.3, -0.25) is 30.2 Å². The molecule has 9 heteroatoms. The second kappa shape index (κ2) is 8.62. The number of fused-ring (bicyclic) bond motifs is 1. The van der Waals surface area contributed by atoms with Gasteiger partial charge in [-0.2, -0.15) is 10.2 Å². The van der Waals surface area contributed by atoms with Crippen molar-refractivity contribution in [3.8, 4) is 22.5 Å². The summed E-state index contributed by atoms with van der Waals surface area (Å²) in [5.41, 5.74) is 9.80. The van der Waals surface area contributed by atoms with Gasteiger partial charge in [-0.1, -0.05) is 60.7 Å². The number of rotatable bonds is 4. The molecule has 0 radical (unpaired) electrons. The van der Waals surface area contributed by atoms with Gasteiger partial charge in [0.25, 0.3) is 11.8 Å². The highest BCUT2D eigenvalue weighted by atomic mass is 16.2. The average molecular weight is 451 g/mol. The van der Waals surface area contributed by atoms with E-state index in [4.69, 9.17) is 4.98 Å². The Morgan fingerprint density at radius 3 is 2.15 bits per heavy atom. The van der Waals surface area contributed by atoms with E-state index in [0.717, 1.165) is 11.1 Å². The summed E-state index contributed by atoms with van der Waals surface area (Å²) < 4.78 is 1.64. The van der Waals surface area contributed by atoms with E-state index in [9.17, 15) is 9.59 Å². The number of aromatic nitrogens is 5. The molecule has 5 aromatic rings. The van der Waals surface area contributed by atoms with Crippen LogP contribution < -0.4 is 10.9 Å². The minimum absolute atomic E-state index is 0.224. The molecule has 0 saturated heterocycles. The molecule has 3 aromatic heterocycles. The van der Waals surface area contributed by atoms with E-state index in [-0.39, 0.29) is 5.69 Å². The summed E-state index contributed by atoms with van der Waals surface area (Å²) in [5, 5.41) is 11.9. The number of amides is 2. The van der Waals surface area contributed by atoms with Crippen LogP contribution in [0.2, 0.25) is 0 Å². The summed E-state index contributed by atoms with van der Waals surface area (Å²) in [6.45, 7) is 1.82. The van der Waals surface area contributed by atoms with Crippen LogP contribution in [0.4, 0.5) is 0 Å². The largest absolute Gasteiger partial charge is 0.287 e. The number of hydrazine groups is 1. The van der Waals surface area contributed by atoms with Crippen molar-refractivity contribution in [1.29, 1.82) is 0 Å². The van der Waals surface area contributed by atoms with Crippen LogP contribution in [0.15, 0.2) is 72.8 Å². The summed E-state index contributed by atoms with van der Waals surface area (Å²) in [4.78, 5) is 30.5. The molecular weight excluding hydrogens is 430 g/mol. The second-order valence-electron chi connectivity index (χ2n) is 7.77. The zero-order chi connectivity index (χ0) is 23.7. The third-order valence-electron chi connectivity index (χ3n) is 5.46. The number of benzene rings is 2. The molecule has 168 valence electrons. The highest BCUT2D eigenvalue weighted by Crippen LogP contribution is 2.26. The van der Waals surface area contributed by atoms with Crippen molar-refractivity contribution in [2.24, 2.45) is 7.05 Å². The first-order valence-corrected chi connectivity index (χ1v) is 10.6. The monoisotopic (exact) mass is 451 g/mol. The van der Waals surface area contributed by atoms with Crippen molar-refractivity contribution in [2.45, 2.75) is 6.92 Å². The lowest BCUT2D eigenvalue weighted by Gasteiger charge is -2.10. The number of nitrogens with one attached hydrogen (secondary N) is 3. The smallest absolute Gasteiger partial charge is 0.272 e. The first-order valence-electron chi connectivity index (χ1n) is 10.6. The van der Waals surface area contributed by atoms with Gasteiger partial charge >= 0.3 is 0 Å². The van der Waals surface area contributed by atoms with Gasteiger partial charge in [0.15, 0.2) is 5.65 Å². The topological polar surface area (TPSA) is 118 Å².